The summed E-state index contributed by atoms with van der Waals surface area (Å²) in [6, 6.07) is 12.7. The van der Waals surface area contributed by atoms with Crippen molar-refractivity contribution in [3.8, 4) is 5.75 Å². The third-order valence-electron chi connectivity index (χ3n) is 3.35. The van der Waals surface area contributed by atoms with Gasteiger partial charge < -0.3 is 15.6 Å². The lowest BCUT2D eigenvalue weighted by Crippen LogP contribution is -2.32. The van der Waals surface area contributed by atoms with Crippen LogP contribution in [-0.4, -0.2) is 30.0 Å². The number of ether oxygens (including phenoxy) is 1. The number of carbonyl (C=O) groups is 2. The summed E-state index contributed by atoms with van der Waals surface area (Å²) in [5.74, 6) is -0.757. The Morgan fingerprint density at radius 1 is 1.18 bits per heavy atom. The molecule has 0 amide bonds. The van der Waals surface area contributed by atoms with Crippen molar-refractivity contribution in [3.05, 3.63) is 65.2 Å². The van der Waals surface area contributed by atoms with Crippen LogP contribution in [0.3, 0.4) is 0 Å². The van der Waals surface area contributed by atoms with Gasteiger partial charge in [-0.3, -0.25) is 9.59 Å². The van der Waals surface area contributed by atoms with Gasteiger partial charge in [0, 0.05) is 11.1 Å². The number of rotatable bonds is 6. The standard InChI is InChI=1S/C17H17NO4/c1-22-13-8-7-12(9-15(18)17(20)21)14(10-13)16(19)11-5-3-2-4-6-11/h2-8,10,15H,9,18H2,1H3,(H,20,21)/t15-/m0/s1. The second-order valence-electron chi connectivity index (χ2n) is 4.87. The van der Waals surface area contributed by atoms with Crippen molar-refractivity contribution in [3.63, 3.8) is 0 Å². The van der Waals surface area contributed by atoms with Crippen LogP contribution in [0.2, 0.25) is 0 Å². The van der Waals surface area contributed by atoms with Gasteiger partial charge in [-0.1, -0.05) is 36.4 Å². The maximum Gasteiger partial charge on any atom is 0.320 e. The third kappa shape index (κ3) is 3.51. The van der Waals surface area contributed by atoms with Crippen LogP contribution in [0, 0.1) is 0 Å². The average molecular weight is 299 g/mol. The first-order valence-electron chi connectivity index (χ1n) is 6.78. The number of carbonyl (C=O) groups excluding carboxylic acids is 1. The molecule has 114 valence electrons. The Morgan fingerprint density at radius 2 is 1.86 bits per heavy atom. The summed E-state index contributed by atoms with van der Waals surface area (Å²) in [5.41, 5.74) is 7.11. The van der Waals surface area contributed by atoms with E-state index in [4.69, 9.17) is 15.6 Å². The molecule has 0 heterocycles. The van der Waals surface area contributed by atoms with Crippen molar-refractivity contribution in [2.75, 3.05) is 7.11 Å². The number of hydrogen-bond donors (Lipinski definition) is 2. The molecule has 2 aromatic rings. The second kappa shape index (κ2) is 6.87. The Balaban J connectivity index is 2.43. The minimum Gasteiger partial charge on any atom is -0.497 e. The lowest BCUT2D eigenvalue weighted by molar-refractivity contribution is -0.138. The molecule has 2 rings (SSSR count). The number of carboxylic acid groups (broad SMARTS) is 1. The Labute approximate surface area is 128 Å². The Bertz CT molecular complexity index is 682. The molecule has 0 radical (unpaired) electrons. The number of ketones is 1. The van der Waals surface area contributed by atoms with Gasteiger partial charge in [0.1, 0.15) is 11.8 Å². The molecule has 0 aliphatic heterocycles. The summed E-state index contributed by atoms with van der Waals surface area (Å²) in [6.07, 6.45) is 0.0766. The minimum atomic E-state index is -1.10. The number of benzene rings is 2. The maximum absolute atomic E-state index is 12.6. The molecule has 5 nitrogen and oxygen atoms in total. The van der Waals surface area contributed by atoms with Gasteiger partial charge in [-0.05, 0) is 24.1 Å². The van der Waals surface area contributed by atoms with Gasteiger partial charge >= 0.3 is 5.97 Å². The molecule has 0 fully saturated rings. The highest BCUT2D eigenvalue weighted by Crippen LogP contribution is 2.22. The molecule has 1 atom stereocenters. The smallest absolute Gasteiger partial charge is 0.320 e. The van der Waals surface area contributed by atoms with E-state index in [-0.39, 0.29) is 12.2 Å². The van der Waals surface area contributed by atoms with E-state index in [9.17, 15) is 9.59 Å². The number of methoxy groups -OCH3 is 1. The Morgan fingerprint density at radius 3 is 2.45 bits per heavy atom. The van der Waals surface area contributed by atoms with E-state index >= 15 is 0 Å². The largest absolute Gasteiger partial charge is 0.497 e. The molecule has 0 saturated heterocycles. The van der Waals surface area contributed by atoms with E-state index < -0.39 is 12.0 Å². The summed E-state index contributed by atoms with van der Waals surface area (Å²) in [4.78, 5) is 23.6. The zero-order valence-electron chi connectivity index (χ0n) is 12.2. The van der Waals surface area contributed by atoms with Crippen molar-refractivity contribution in [1.82, 2.24) is 0 Å². The summed E-state index contributed by atoms with van der Waals surface area (Å²) in [5, 5.41) is 8.96. The topological polar surface area (TPSA) is 89.6 Å². The highest BCUT2D eigenvalue weighted by atomic mass is 16.5. The van der Waals surface area contributed by atoms with Crippen molar-refractivity contribution < 1.29 is 19.4 Å². The average Bonchev–Trinajstić information content (AvgIpc) is 2.55. The molecule has 0 aromatic heterocycles. The van der Waals surface area contributed by atoms with Crippen LogP contribution in [0.25, 0.3) is 0 Å². The van der Waals surface area contributed by atoms with E-state index in [2.05, 4.69) is 0 Å². The Hall–Kier alpha value is -2.66. The first-order valence-corrected chi connectivity index (χ1v) is 6.78. The summed E-state index contributed by atoms with van der Waals surface area (Å²) in [7, 11) is 1.51. The second-order valence-corrected chi connectivity index (χ2v) is 4.87. The molecular weight excluding hydrogens is 282 g/mol. The summed E-state index contributed by atoms with van der Waals surface area (Å²) in [6.45, 7) is 0. The van der Waals surface area contributed by atoms with Crippen LogP contribution in [-0.2, 0) is 11.2 Å². The molecule has 0 spiro atoms. The maximum atomic E-state index is 12.6. The Kier molecular flexibility index (Phi) is 4.91. The van der Waals surface area contributed by atoms with Crippen LogP contribution in [0.5, 0.6) is 5.75 Å². The highest BCUT2D eigenvalue weighted by molar-refractivity contribution is 6.10. The van der Waals surface area contributed by atoms with Crippen molar-refractivity contribution in [2.24, 2.45) is 5.73 Å². The zero-order valence-corrected chi connectivity index (χ0v) is 12.2. The third-order valence-corrected chi connectivity index (χ3v) is 3.35. The molecule has 0 aliphatic carbocycles. The molecule has 0 aliphatic rings. The fourth-order valence-corrected chi connectivity index (χ4v) is 2.14. The summed E-state index contributed by atoms with van der Waals surface area (Å²) >= 11 is 0. The van der Waals surface area contributed by atoms with E-state index in [1.807, 2.05) is 6.07 Å². The normalized spacial score (nSPS) is 11.7. The van der Waals surface area contributed by atoms with Gasteiger partial charge in [-0.15, -0.1) is 0 Å². The minimum absolute atomic E-state index is 0.0766. The van der Waals surface area contributed by atoms with E-state index in [0.717, 1.165) is 0 Å². The first-order chi connectivity index (χ1) is 10.5. The van der Waals surface area contributed by atoms with Gasteiger partial charge in [0.2, 0.25) is 0 Å². The quantitative estimate of drug-likeness (QED) is 0.795. The fourth-order valence-electron chi connectivity index (χ4n) is 2.14. The predicted molar refractivity (Wildman–Crippen MR) is 82.2 cm³/mol. The van der Waals surface area contributed by atoms with E-state index in [0.29, 0.717) is 22.4 Å². The highest BCUT2D eigenvalue weighted by Gasteiger charge is 2.19. The van der Waals surface area contributed by atoms with Crippen LogP contribution >= 0.6 is 0 Å². The molecule has 0 bridgehead atoms. The zero-order chi connectivity index (χ0) is 16.1. The molecular formula is C17H17NO4. The number of carboxylic acids is 1. The molecule has 3 N–H and O–H groups in total. The van der Waals surface area contributed by atoms with Gasteiger partial charge in [0.05, 0.1) is 7.11 Å². The van der Waals surface area contributed by atoms with Crippen molar-refractivity contribution >= 4 is 11.8 Å². The molecule has 5 heteroatoms. The lowest BCUT2D eigenvalue weighted by atomic mass is 9.94. The van der Waals surface area contributed by atoms with E-state index in [1.54, 1.807) is 42.5 Å². The monoisotopic (exact) mass is 299 g/mol. The fraction of sp³-hybridized carbons (Fsp3) is 0.176. The van der Waals surface area contributed by atoms with Crippen LogP contribution in [0.4, 0.5) is 0 Å². The van der Waals surface area contributed by atoms with Gasteiger partial charge in [0.25, 0.3) is 0 Å². The van der Waals surface area contributed by atoms with Crippen LogP contribution in [0.15, 0.2) is 48.5 Å². The molecule has 0 unspecified atom stereocenters. The SMILES string of the molecule is COc1ccc(C[C@H](N)C(=O)O)c(C(=O)c2ccccc2)c1. The lowest BCUT2D eigenvalue weighted by Gasteiger charge is -2.13. The number of nitrogens with two attached hydrogens (primary N) is 1. The first kappa shape index (κ1) is 15.7. The predicted octanol–water partition coefficient (Wildman–Crippen LogP) is 1.88. The van der Waals surface area contributed by atoms with Crippen LogP contribution < -0.4 is 10.5 Å². The molecule has 0 saturated carbocycles. The molecule has 22 heavy (non-hydrogen) atoms. The number of hydrogen-bond acceptors (Lipinski definition) is 4. The number of aliphatic carboxylic acids is 1. The van der Waals surface area contributed by atoms with Crippen LogP contribution in [0.1, 0.15) is 21.5 Å². The van der Waals surface area contributed by atoms with Crippen molar-refractivity contribution in [2.45, 2.75) is 12.5 Å². The van der Waals surface area contributed by atoms with Gasteiger partial charge in [-0.25, -0.2) is 0 Å². The van der Waals surface area contributed by atoms with Crippen molar-refractivity contribution in [1.29, 1.82) is 0 Å². The van der Waals surface area contributed by atoms with Gasteiger partial charge in [0.15, 0.2) is 5.78 Å². The van der Waals surface area contributed by atoms with E-state index in [1.165, 1.54) is 7.11 Å². The summed E-state index contributed by atoms with van der Waals surface area (Å²) < 4.78 is 5.15. The molecule has 2 aromatic carbocycles. The van der Waals surface area contributed by atoms with Gasteiger partial charge in [-0.2, -0.15) is 0 Å².